The summed E-state index contributed by atoms with van der Waals surface area (Å²) in [6.07, 6.45) is 0.388. The van der Waals surface area contributed by atoms with Gasteiger partial charge in [0.2, 0.25) is 5.91 Å². The van der Waals surface area contributed by atoms with Crippen LogP contribution in [0.5, 0.6) is 0 Å². The summed E-state index contributed by atoms with van der Waals surface area (Å²) in [4.78, 5) is 21.9. The summed E-state index contributed by atoms with van der Waals surface area (Å²) in [5.41, 5.74) is -1.12. The maximum atomic E-state index is 11.0. The third-order valence-corrected chi connectivity index (χ3v) is 2.32. The van der Waals surface area contributed by atoms with Gasteiger partial charge in [-0.15, -0.1) is 0 Å². The number of carbonyl (C=O) groups is 2. The molecule has 0 fully saturated rings. The molecule has 0 rings (SSSR count). The van der Waals surface area contributed by atoms with Crippen molar-refractivity contribution >= 4 is 11.9 Å². The largest absolute Gasteiger partial charge is 0.479 e. The minimum atomic E-state index is -1.12. The van der Waals surface area contributed by atoms with Crippen molar-refractivity contribution in [3.8, 4) is 0 Å². The summed E-state index contributed by atoms with van der Waals surface area (Å²) in [5, 5.41) is 11.5. The lowest BCUT2D eigenvalue weighted by Crippen LogP contribution is -2.57. The van der Waals surface area contributed by atoms with Crippen LogP contribution in [0.3, 0.4) is 0 Å². The zero-order valence-corrected chi connectivity index (χ0v) is 8.55. The molecular formula is C9H17NO3. The van der Waals surface area contributed by atoms with Crippen molar-refractivity contribution in [2.45, 2.75) is 39.7 Å². The summed E-state index contributed by atoms with van der Waals surface area (Å²) in [6.45, 7) is 6.65. The molecule has 1 unspecified atom stereocenters. The van der Waals surface area contributed by atoms with Gasteiger partial charge in [0, 0.05) is 6.92 Å². The average molecular weight is 187 g/mol. The van der Waals surface area contributed by atoms with Gasteiger partial charge in [0.25, 0.3) is 0 Å². The molecule has 0 spiro atoms. The maximum absolute atomic E-state index is 11.0. The van der Waals surface area contributed by atoms with Crippen LogP contribution in [0.1, 0.15) is 34.1 Å². The Kier molecular flexibility index (Phi) is 3.91. The SMILES string of the molecule is CCC(NC(C)=O)(C(=O)O)C(C)C. The molecule has 0 saturated heterocycles. The Hall–Kier alpha value is -1.06. The van der Waals surface area contributed by atoms with Crippen molar-refractivity contribution in [3.63, 3.8) is 0 Å². The highest BCUT2D eigenvalue weighted by molar-refractivity contribution is 5.86. The van der Waals surface area contributed by atoms with Crippen LogP contribution >= 0.6 is 0 Å². The van der Waals surface area contributed by atoms with E-state index in [0.717, 1.165) is 0 Å². The minimum Gasteiger partial charge on any atom is -0.479 e. The third-order valence-electron chi connectivity index (χ3n) is 2.32. The van der Waals surface area contributed by atoms with Gasteiger partial charge in [-0.25, -0.2) is 4.79 Å². The predicted molar refractivity (Wildman–Crippen MR) is 49.3 cm³/mol. The molecule has 1 amide bonds. The van der Waals surface area contributed by atoms with Gasteiger partial charge < -0.3 is 10.4 Å². The molecule has 2 N–H and O–H groups in total. The Morgan fingerprint density at radius 3 is 2.00 bits per heavy atom. The van der Waals surface area contributed by atoms with E-state index in [1.54, 1.807) is 20.8 Å². The number of hydrogen-bond donors (Lipinski definition) is 2. The number of aliphatic carboxylic acids is 1. The molecule has 0 aromatic heterocycles. The topological polar surface area (TPSA) is 66.4 Å². The zero-order valence-electron chi connectivity index (χ0n) is 8.55. The quantitative estimate of drug-likeness (QED) is 0.690. The monoisotopic (exact) mass is 187 g/mol. The van der Waals surface area contributed by atoms with Crippen molar-refractivity contribution in [3.05, 3.63) is 0 Å². The molecule has 76 valence electrons. The zero-order chi connectivity index (χ0) is 10.6. The Morgan fingerprint density at radius 1 is 1.46 bits per heavy atom. The smallest absolute Gasteiger partial charge is 0.329 e. The molecule has 0 aromatic rings. The number of carboxylic acids is 1. The molecule has 0 bridgehead atoms. The van der Waals surface area contributed by atoms with Crippen LogP contribution in [0.25, 0.3) is 0 Å². The maximum Gasteiger partial charge on any atom is 0.329 e. The molecular weight excluding hydrogens is 170 g/mol. The van der Waals surface area contributed by atoms with Gasteiger partial charge >= 0.3 is 5.97 Å². The first kappa shape index (κ1) is 11.9. The van der Waals surface area contributed by atoms with E-state index >= 15 is 0 Å². The molecule has 0 saturated carbocycles. The summed E-state index contributed by atoms with van der Waals surface area (Å²) in [7, 11) is 0. The van der Waals surface area contributed by atoms with Crippen LogP contribution in [0, 0.1) is 5.92 Å². The predicted octanol–water partition coefficient (Wildman–Crippen LogP) is 1.01. The van der Waals surface area contributed by atoms with Gasteiger partial charge in [-0.3, -0.25) is 4.79 Å². The Bertz CT molecular complexity index is 213. The minimum absolute atomic E-state index is 0.126. The number of carbonyl (C=O) groups excluding carboxylic acids is 1. The highest BCUT2D eigenvalue weighted by Gasteiger charge is 2.40. The Labute approximate surface area is 78.3 Å². The molecule has 0 aliphatic rings. The van der Waals surface area contributed by atoms with Crippen molar-refractivity contribution in [2.24, 2.45) is 5.92 Å². The van der Waals surface area contributed by atoms with Crippen LogP contribution in [0.15, 0.2) is 0 Å². The summed E-state index contributed by atoms with van der Waals surface area (Å²) < 4.78 is 0. The molecule has 1 atom stereocenters. The van der Waals surface area contributed by atoms with Gasteiger partial charge in [0.1, 0.15) is 5.54 Å². The molecule has 0 radical (unpaired) electrons. The second-order valence-corrected chi connectivity index (χ2v) is 3.47. The van der Waals surface area contributed by atoms with E-state index in [1.165, 1.54) is 6.92 Å². The van der Waals surface area contributed by atoms with Crippen LogP contribution in [-0.4, -0.2) is 22.5 Å². The standard InChI is InChI=1S/C9H17NO3/c1-5-9(6(2)3,8(12)13)10-7(4)11/h6H,5H2,1-4H3,(H,10,11)(H,12,13). The fourth-order valence-corrected chi connectivity index (χ4v) is 1.41. The van der Waals surface area contributed by atoms with Gasteiger partial charge in [-0.1, -0.05) is 20.8 Å². The Morgan fingerprint density at radius 2 is 1.92 bits per heavy atom. The number of hydrogen-bond acceptors (Lipinski definition) is 2. The second kappa shape index (κ2) is 4.25. The van der Waals surface area contributed by atoms with Gasteiger partial charge in [0.15, 0.2) is 0 Å². The van der Waals surface area contributed by atoms with Crippen LogP contribution in [0.2, 0.25) is 0 Å². The van der Waals surface area contributed by atoms with E-state index in [2.05, 4.69) is 5.32 Å². The molecule has 0 heterocycles. The highest BCUT2D eigenvalue weighted by atomic mass is 16.4. The van der Waals surface area contributed by atoms with E-state index in [-0.39, 0.29) is 11.8 Å². The Balaban J connectivity index is 4.87. The fraction of sp³-hybridized carbons (Fsp3) is 0.778. The van der Waals surface area contributed by atoms with Crippen molar-refractivity contribution < 1.29 is 14.7 Å². The van der Waals surface area contributed by atoms with Gasteiger partial charge in [0.05, 0.1) is 0 Å². The lowest BCUT2D eigenvalue weighted by Gasteiger charge is -2.32. The lowest BCUT2D eigenvalue weighted by molar-refractivity contribution is -0.149. The fourth-order valence-electron chi connectivity index (χ4n) is 1.41. The number of nitrogens with one attached hydrogen (secondary N) is 1. The highest BCUT2D eigenvalue weighted by Crippen LogP contribution is 2.21. The third kappa shape index (κ3) is 2.44. The first-order chi connectivity index (χ1) is 5.86. The normalized spacial score (nSPS) is 15.2. The van der Waals surface area contributed by atoms with E-state index < -0.39 is 11.5 Å². The van der Waals surface area contributed by atoms with E-state index in [0.29, 0.717) is 6.42 Å². The number of carboxylic acid groups (broad SMARTS) is 1. The van der Waals surface area contributed by atoms with Crippen molar-refractivity contribution in [1.29, 1.82) is 0 Å². The number of amides is 1. The molecule has 4 nitrogen and oxygen atoms in total. The first-order valence-electron chi connectivity index (χ1n) is 4.39. The van der Waals surface area contributed by atoms with Crippen LogP contribution < -0.4 is 5.32 Å². The summed E-state index contributed by atoms with van der Waals surface area (Å²) >= 11 is 0. The molecule has 0 aromatic carbocycles. The molecule has 13 heavy (non-hydrogen) atoms. The van der Waals surface area contributed by atoms with Crippen molar-refractivity contribution in [1.82, 2.24) is 5.32 Å². The molecule has 0 aliphatic carbocycles. The van der Waals surface area contributed by atoms with Crippen molar-refractivity contribution in [2.75, 3.05) is 0 Å². The number of rotatable bonds is 4. The van der Waals surface area contributed by atoms with Gasteiger partial charge in [-0.2, -0.15) is 0 Å². The molecule has 0 aliphatic heterocycles. The van der Waals surface area contributed by atoms with Crippen LogP contribution in [0.4, 0.5) is 0 Å². The summed E-state index contributed by atoms with van der Waals surface area (Å²) in [5.74, 6) is -1.41. The first-order valence-corrected chi connectivity index (χ1v) is 4.39. The summed E-state index contributed by atoms with van der Waals surface area (Å²) in [6, 6.07) is 0. The second-order valence-electron chi connectivity index (χ2n) is 3.47. The van der Waals surface area contributed by atoms with E-state index in [4.69, 9.17) is 5.11 Å². The van der Waals surface area contributed by atoms with E-state index in [9.17, 15) is 9.59 Å². The molecule has 4 heteroatoms. The lowest BCUT2D eigenvalue weighted by atomic mass is 9.84. The average Bonchev–Trinajstić information content (AvgIpc) is 1.98. The van der Waals surface area contributed by atoms with Crippen LogP contribution in [-0.2, 0) is 9.59 Å². The van der Waals surface area contributed by atoms with Gasteiger partial charge in [-0.05, 0) is 12.3 Å². The van der Waals surface area contributed by atoms with E-state index in [1.807, 2.05) is 0 Å².